The van der Waals surface area contributed by atoms with Crippen molar-refractivity contribution in [3.8, 4) is 0 Å². The number of carbonyl (C=O) groups excluding carboxylic acids is 2. The van der Waals surface area contributed by atoms with Gasteiger partial charge in [-0.2, -0.15) is 0 Å². The molecule has 2 rings (SSSR count). The minimum absolute atomic E-state index is 0.000545. The van der Waals surface area contributed by atoms with E-state index in [2.05, 4.69) is 0 Å². The van der Waals surface area contributed by atoms with Gasteiger partial charge in [0, 0.05) is 39.5 Å². The Labute approximate surface area is 106 Å². The summed E-state index contributed by atoms with van der Waals surface area (Å²) in [5, 5.41) is 8.72. The zero-order chi connectivity index (χ0) is 13.3. The number of rotatable bonds is 3. The van der Waals surface area contributed by atoms with Crippen molar-refractivity contribution in [1.29, 1.82) is 0 Å². The molecule has 2 amide bonds. The van der Waals surface area contributed by atoms with Crippen molar-refractivity contribution in [1.82, 2.24) is 9.80 Å². The fourth-order valence-electron chi connectivity index (χ4n) is 2.73. The molecule has 0 aromatic carbocycles. The Morgan fingerprint density at radius 2 is 2.11 bits per heavy atom. The highest BCUT2D eigenvalue weighted by molar-refractivity contribution is 5.89. The molecule has 2 saturated heterocycles. The molecule has 0 saturated carbocycles. The number of aliphatic carboxylic acids is 1. The van der Waals surface area contributed by atoms with E-state index in [1.807, 2.05) is 0 Å². The van der Waals surface area contributed by atoms with Crippen molar-refractivity contribution in [3.63, 3.8) is 0 Å². The van der Waals surface area contributed by atoms with Gasteiger partial charge in [-0.1, -0.05) is 0 Å². The summed E-state index contributed by atoms with van der Waals surface area (Å²) >= 11 is 0. The van der Waals surface area contributed by atoms with Gasteiger partial charge in [-0.25, -0.2) is 0 Å². The Bertz CT molecular complexity index is 382. The Balaban J connectivity index is 1.88. The van der Waals surface area contributed by atoms with E-state index in [1.54, 1.807) is 16.8 Å². The van der Waals surface area contributed by atoms with Crippen molar-refractivity contribution in [2.24, 2.45) is 11.8 Å². The van der Waals surface area contributed by atoms with Gasteiger partial charge in [0.15, 0.2) is 0 Å². The van der Waals surface area contributed by atoms with Crippen LogP contribution in [-0.2, 0) is 14.4 Å². The molecular formula is C12H18N2O4. The SMILES string of the molecule is CN1CC(C(=O)N2CCC(CC(=O)O)C2)CC1=O. The number of hydrogen-bond donors (Lipinski definition) is 1. The fourth-order valence-corrected chi connectivity index (χ4v) is 2.73. The van der Waals surface area contributed by atoms with Crippen molar-refractivity contribution in [3.05, 3.63) is 0 Å². The van der Waals surface area contributed by atoms with Crippen LogP contribution in [-0.4, -0.2) is 59.4 Å². The first-order valence-electron chi connectivity index (χ1n) is 6.22. The monoisotopic (exact) mass is 254 g/mol. The first-order valence-corrected chi connectivity index (χ1v) is 6.22. The number of nitrogens with zero attached hydrogens (tertiary/aromatic N) is 2. The summed E-state index contributed by atoms with van der Waals surface area (Å²) in [5.74, 6) is -0.993. The van der Waals surface area contributed by atoms with E-state index in [0.717, 1.165) is 6.42 Å². The van der Waals surface area contributed by atoms with Gasteiger partial charge in [0.05, 0.1) is 5.92 Å². The number of carbonyl (C=O) groups is 3. The van der Waals surface area contributed by atoms with Gasteiger partial charge in [-0.05, 0) is 12.3 Å². The number of hydrogen-bond acceptors (Lipinski definition) is 3. The number of amides is 2. The molecule has 2 aliphatic rings. The predicted molar refractivity (Wildman–Crippen MR) is 62.7 cm³/mol. The summed E-state index contributed by atoms with van der Waals surface area (Å²) in [4.78, 5) is 37.5. The van der Waals surface area contributed by atoms with E-state index in [1.165, 1.54) is 0 Å². The van der Waals surface area contributed by atoms with Crippen LogP contribution in [0, 0.1) is 11.8 Å². The quantitative estimate of drug-likeness (QED) is 0.755. The van der Waals surface area contributed by atoms with Gasteiger partial charge in [-0.3, -0.25) is 14.4 Å². The highest BCUT2D eigenvalue weighted by Gasteiger charge is 2.37. The normalized spacial score (nSPS) is 27.9. The number of likely N-dealkylation sites (tertiary alicyclic amines) is 2. The molecule has 2 heterocycles. The maximum absolute atomic E-state index is 12.2. The van der Waals surface area contributed by atoms with Crippen molar-refractivity contribution in [2.45, 2.75) is 19.3 Å². The van der Waals surface area contributed by atoms with Crippen LogP contribution in [0.1, 0.15) is 19.3 Å². The van der Waals surface area contributed by atoms with Crippen LogP contribution in [0.4, 0.5) is 0 Å². The van der Waals surface area contributed by atoms with Gasteiger partial charge < -0.3 is 14.9 Å². The third-order valence-electron chi connectivity index (χ3n) is 3.75. The fraction of sp³-hybridized carbons (Fsp3) is 0.750. The van der Waals surface area contributed by atoms with Crippen molar-refractivity contribution in [2.75, 3.05) is 26.7 Å². The lowest BCUT2D eigenvalue weighted by atomic mass is 10.1. The largest absolute Gasteiger partial charge is 0.481 e. The summed E-state index contributed by atoms with van der Waals surface area (Å²) in [5.41, 5.74) is 0. The van der Waals surface area contributed by atoms with Gasteiger partial charge in [0.25, 0.3) is 0 Å². The molecule has 2 fully saturated rings. The second-order valence-electron chi connectivity index (χ2n) is 5.21. The molecule has 0 aromatic heterocycles. The van der Waals surface area contributed by atoms with Crippen molar-refractivity contribution < 1.29 is 19.5 Å². The average Bonchev–Trinajstić information content (AvgIpc) is 2.85. The highest BCUT2D eigenvalue weighted by Crippen LogP contribution is 2.24. The minimum atomic E-state index is -0.815. The molecule has 0 bridgehead atoms. The van der Waals surface area contributed by atoms with Gasteiger partial charge in [0.1, 0.15) is 0 Å². The molecule has 1 N–H and O–H groups in total. The van der Waals surface area contributed by atoms with Crippen LogP contribution >= 0.6 is 0 Å². The highest BCUT2D eigenvalue weighted by atomic mass is 16.4. The van der Waals surface area contributed by atoms with Crippen LogP contribution in [0.25, 0.3) is 0 Å². The topological polar surface area (TPSA) is 77.9 Å². The van der Waals surface area contributed by atoms with E-state index in [9.17, 15) is 14.4 Å². The van der Waals surface area contributed by atoms with Gasteiger partial charge in [0.2, 0.25) is 11.8 Å². The van der Waals surface area contributed by atoms with E-state index in [0.29, 0.717) is 19.6 Å². The second-order valence-corrected chi connectivity index (χ2v) is 5.21. The average molecular weight is 254 g/mol. The summed E-state index contributed by atoms with van der Waals surface area (Å²) in [6.45, 7) is 1.61. The molecule has 100 valence electrons. The lowest BCUT2D eigenvalue weighted by Gasteiger charge is -2.20. The molecule has 0 aromatic rings. The summed E-state index contributed by atoms with van der Waals surface area (Å²) < 4.78 is 0. The Hall–Kier alpha value is -1.59. The zero-order valence-electron chi connectivity index (χ0n) is 10.5. The Kier molecular flexibility index (Phi) is 3.54. The third kappa shape index (κ3) is 2.63. The second kappa shape index (κ2) is 4.96. The lowest BCUT2D eigenvalue weighted by molar-refractivity contribution is -0.139. The van der Waals surface area contributed by atoms with E-state index in [4.69, 9.17) is 5.11 Å². The first kappa shape index (κ1) is 12.9. The molecule has 0 spiro atoms. The number of carboxylic acid groups (broad SMARTS) is 1. The standard InChI is InChI=1S/C12H18N2O4/c1-13-7-9(5-10(13)15)12(18)14-3-2-8(6-14)4-11(16)17/h8-9H,2-7H2,1H3,(H,16,17). The number of carboxylic acids is 1. The molecule has 2 atom stereocenters. The van der Waals surface area contributed by atoms with E-state index < -0.39 is 5.97 Å². The minimum Gasteiger partial charge on any atom is -0.481 e. The first-order chi connectivity index (χ1) is 8.47. The smallest absolute Gasteiger partial charge is 0.303 e. The zero-order valence-corrected chi connectivity index (χ0v) is 10.5. The Morgan fingerprint density at radius 3 is 2.67 bits per heavy atom. The Morgan fingerprint density at radius 1 is 1.39 bits per heavy atom. The molecule has 0 radical (unpaired) electrons. The maximum atomic E-state index is 12.2. The molecular weight excluding hydrogens is 236 g/mol. The molecule has 2 aliphatic heterocycles. The molecule has 6 nitrogen and oxygen atoms in total. The van der Waals surface area contributed by atoms with Gasteiger partial charge in [-0.15, -0.1) is 0 Å². The third-order valence-corrected chi connectivity index (χ3v) is 3.75. The summed E-state index contributed by atoms with van der Waals surface area (Å²) in [7, 11) is 1.70. The molecule has 18 heavy (non-hydrogen) atoms. The van der Waals surface area contributed by atoms with Crippen LogP contribution in [0.5, 0.6) is 0 Å². The lowest BCUT2D eigenvalue weighted by Crippen LogP contribution is -2.35. The van der Waals surface area contributed by atoms with Crippen LogP contribution in [0.3, 0.4) is 0 Å². The molecule has 2 unspecified atom stereocenters. The molecule has 0 aliphatic carbocycles. The van der Waals surface area contributed by atoms with Crippen LogP contribution in [0.15, 0.2) is 0 Å². The van der Waals surface area contributed by atoms with Crippen molar-refractivity contribution >= 4 is 17.8 Å². The van der Waals surface area contributed by atoms with E-state index >= 15 is 0 Å². The summed E-state index contributed by atoms with van der Waals surface area (Å²) in [6, 6.07) is 0. The maximum Gasteiger partial charge on any atom is 0.303 e. The predicted octanol–water partition coefficient (Wildman–Crippen LogP) is -0.212. The van der Waals surface area contributed by atoms with E-state index in [-0.39, 0.29) is 36.5 Å². The van der Waals surface area contributed by atoms with Crippen LogP contribution in [0.2, 0.25) is 0 Å². The summed E-state index contributed by atoms with van der Waals surface area (Å²) in [6.07, 6.45) is 1.15. The van der Waals surface area contributed by atoms with Gasteiger partial charge >= 0.3 is 5.97 Å². The molecule has 6 heteroatoms. The van der Waals surface area contributed by atoms with Crippen LogP contribution < -0.4 is 0 Å².